The summed E-state index contributed by atoms with van der Waals surface area (Å²) in [5.74, 6) is 0. The third kappa shape index (κ3) is 2.59. The Morgan fingerprint density at radius 3 is 1.48 bits per heavy atom. The molecule has 0 saturated carbocycles. The second-order valence-electron chi connectivity index (χ2n) is 5.12. The number of nitrogen functional groups attached to an aromatic ring is 8. The minimum Gasteiger partial charge on any atom is -0.397 e. The lowest BCUT2D eigenvalue weighted by atomic mass is 10.1. The Balaban J connectivity index is 2.71. The zero-order chi connectivity index (χ0) is 17.6. The fraction of sp³-hybridized carbons (Fsp3) is 0.0769. The van der Waals surface area contributed by atoms with Crippen molar-refractivity contribution in [3.63, 3.8) is 0 Å². The van der Waals surface area contributed by atoms with E-state index < -0.39 is 0 Å². The molecule has 0 fully saturated rings. The number of nitrogens with two attached hydrogens (primary N) is 8. The largest absolute Gasteiger partial charge is 0.397 e. The molecule has 124 valence electrons. The van der Waals surface area contributed by atoms with Gasteiger partial charge in [-0.2, -0.15) is 0 Å². The lowest BCUT2D eigenvalue weighted by Gasteiger charge is -2.20. The standard InChI is InChI=1S/C13H20IN8P/c1-2-4(15)6(17)8(19)10(21)12(2)23-13-3(14)5(16)7(18)9(20)11(13)22/h23H,15-22H2,1H3. The van der Waals surface area contributed by atoms with E-state index in [0.29, 0.717) is 22.7 Å². The van der Waals surface area contributed by atoms with E-state index in [9.17, 15) is 0 Å². The molecule has 1 atom stereocenters. The van der Waals surface area contributed by atoms with Crippen molar-refractivity contribution in [1.82, 2.24) is 0 Å². The Morgan fingerprint density at radius 1 is 0.565 bits per heavy atom. The van der Waals surface area contributed by atoms with Crippen molar-refractivity contribution in [3.8, 4) is 0 Å². The van der Waals surface area contributed by atoms with Crippen LogP contribution in [-0.4, -0.2) is 0 Å². The summed E-state index contributed by atoms with van der Waals surface area (Å²) in [5, 5.41) is 1.52. The topological polar surface area (TPSA) is 208 Å². The Kier molecular flexibility index (Phi) is 4.45. The van der Waals surface area contributed by atoms with Crippen molar-refractivity contribution in [3.05, 3.63) is 9.13 Å². The molecule has 16 N–H and O–H groups in total. The van der Waals surface area contributed by atoms with Crippen LogP contribution < -0.4 is 56.5 Å². The summed E-state index contributed by atoms with van der Waals surface area (Å²) < 4.78 is 0.734. The van der Waals surface area contributed by atoms with Crippen molar-refractivity contribution >= 4 is 87.3 Å². The van der Waals surface area contributed by atoms with Crippen LogP contribution in [-0.2, 0) is 0 Å². The molecule has 0 bridgehead atoms. The molecular weight excluding hydrogens is 426 g/mol. The van der Waals surface area contributed by atoms with Crippen molar-refractivity contribution in [1.29, 1.82) is 0 Å². The maximum absolute atomic E-state index is 6.12. The van der Waals surface area contributed by atoms with E-state index in [0.717, 1.165) is 19.7 Å². The van der Waals surface area contributed by atoms with E-state index in [-0.39, 0.29) is 31.3 Å². The number of anilines is 8. The van der Waals surface area contributed by atoms with Gasteiger partial charge in [0.15, 0.2) is 0 Å². The summed E-state index contributed by atoms with van der Waals surface area (Å²) >= 11 is 2.09. The van der Waals surface area contributed by atoms with Crippen molar-refractivity contribution < 1.29 is 0 Å². The summed E-state index contributed by atoms with van der Waals surface area (Å²) in [6.07, 6.45) is 0. The van der Waals surface area contributed by atoms with Gasteiger partial charge in [0.2, 0.25) is 0 Å². The minimum atomic E-state index is 0.0618. The third-order valence-corrected chi connectivity index (χ3v) is 7.06. The zero-order valence-electron chi connectivity index (χ0n) is 12.5. The number of halogens is 1. The van der Waals surface area contributed by atoms with Crippen molar-refractivity contribution in [2.45, 2.75) is 6.92 Å². The molecular formula is C13H20IN8P. The van der Waals surface area contributed by atoms with Crippen molar-refractivity contribution in [2.75, 3.05) is 45.9 Å². The first-order chi connectivity index (χ1) is 10.6. The molecule has 1 unspecified atom stereocenters. The fourth-order valence-corrected chi connectivity index (χ4v) is 4.51. The molecule has 23 heavy (non-hydrogen) atoms. The quantitative estimate of drug-likeness (QED) is 0.177. The van der Waals surface area contributed by atoms with Crippen molar-refractivity contribution in [2.24, 2.45) is 0 Å². The highest BCUT2D eigenvalue weighted by Crippen LogP contribution is 2.39. The van der Waals surface area contributed by atoms with E-state index in [1.165, 1.54) is 0 Å². The molecule has 8 nitrogen and oxygen atoms in total. The molecule has 10 heteroatoms. The Hall–Kier alpha value is -2.00. The van der Waals surface area contributed by atoms with Crippen LogP contribution in [0.4, 0.5) is 45.5 Å². The number of hydrogen-bond donors (Lipinski definition) is 8. The van der Waals surface area contributed by atoms with Gasteiger partial charge in [0, 0.05) is 14.2 Å². The molecule has 0 amide bonds. The van der Waals surface area contributed by atoms with Gasteiger partial charge in [-0.3, -0.25) is 0 Å². The second kappa shape index (κ2) is 5.89. The van der Waals surface area contributed by atoms with Gasteiger partial charge in [0.25, 0.3) is 0 Å². The molecule has 2 aromatic rings. The Labute approximate surface area is 149 Å². The number of benzene rings is 2. The SMILES string of the molecule is Cc1c(N)c(N)c(N)c(N)c1Pc1c(N)c(N)c(N)c(N)c1I. The highest BCUT2D eigenvalue weighted by atomic mass is 127. The van der Waals surface area contributed by atoms with E-state index >= 15 is 0 Å². The molecule has 0 heterocycles. The van der Waals surface area contributed by atoms with E-state index in [1.807, 2.05) is 6.92 Å². The lowest BCUT2D eigenvalue weighted by Crippen LogP contribution is -2.22. The summed E-state index contributed by atoms with van der Waals surface area (Å²) in [6.45, 7) is 1.83. The van der Waals surface area contributed by atoms with Gasteiger partial charge in [-0.15, -0.1) is 0 Å². The first-order valence-corrected chi connectivity index (χ1v) is 8.58. The van der Waals surface area contributed by atoms with Gasteiger partial charge in [-0.1, -0.05) is 8.58 Å². The highest BCUT2D eigenvalue weighted by molar-refractivity contribution is 14.1. The summed E-state index contributed by atoms with van der Waals surface area (Å²) in [5.41, 5.74) is 51.3. The molecule has 0 aliphatic carbocycles. The maximum Gasteiger partial charge on any atom is 0.0814 e. The zero-order valence-corrected chi connectivity index (χ0v) is 15.7. The summed E-state index contributed by atoms with van der Waals surface area (Å²) in [7, 11) is 0.0618. The molecule has 0 radical (unpaired) electrons. The van der Waals surface area contributed by atoms with Crippen LogP contribution in [0.3, 0.4) is 0 Å². The maximum atomic E-state index is 6.12. The van der Waals surface area contributed by atoms with E-state index in [1.54, 1.807) is 0 Å². The normalized spacial score (nSPS) is 11.4. The first-order valence-electron chi connectivity index (χ1n) is 6.50. The summed E-state index contributed by atoms with van der Waals surface area (Å²) in [6, 6.07) is 0. The van der Waals surface area contributed by atoms with Crippen LogP contribution in [0, 0.1) is 10.5 Å². The van der Waals surface area contributed by atoms with Gasteiger partial charge in [0.05, 0.1) is 45.5 Å². The molecule has 2 rings (SSSR count). The monoisotopic (exact) mass is 446 g/mol. The molecule has 0 aromatic heterocycles. The second-order valence-corrected chi connectivity index (χ2v) is 7.45. The van der Waals surface area contributed by atoms with Crippen LogP contribution in [0.5, 0.6) is 0 Å². The smallest absolute Gasteiger partial charge is 0.0814 e. The van der Waals surface area contributed by atoms with Crippen LogP contribution >= 0.6 is 31.2 Å². The molecule has 2 aromatic carbocycles. The Bertz CT molecular complexity index is 695. The van der Waals surface area contributed by atoms with Crippen LogP contribution in [0.15, 0.2) is 0 Å². The van der Waals surface area contributed by atoms with Gasteiger partial charge < -0.3 is 45.9 Å². The molecule has 0 saturated heterocycles. The summed E-state index contributed by atoms with van der Waals surface area (Å²) in [4.78, 5) is 0. The fourth-order valence-electron chi connectivity index (χ4n) is 2.17. The lowest BCUT2D eigenvalue weighted by molar-refractivity contribution is 1.51. The van der Waals surface area contributed by atoms with Gasteiger partial charge >= 0.3 is 0 Å². The third-order valence-electron chi connectivity index (χ3n) is 3.76. The minimum absolute atomic E-state index is 0.0618. The van der Waals surface area contributed by atoms with E-state index in [2.05, 4.69) is 22.6 Å². The predicted molar refractivity (Wildman–Crippen MR) is 113 cm³/mol. The van der Waals surface area contributed by atoms with E-state index in [4.69, 9.17) is 45.9 Å². The highest BCUT2D eigenvalue weighted by Gasteiger charge is 2.21. The average Bonchev–Trinajstić information content (AvgIpc) is 2.54. The number of hydrogen-bond acceptors (Lipinski definition) is 8. The number of rotatable bonds is 2. The predicted octanol–water partition coefficient (Wildman–Crippen LogP) is -0.113. The van der Waals surface area contributed by atoms with Crippen LogP contribution in [0.2, 0.25) is 0 Å². The first kappa shape index (κ1) is 17.4. The molecule has 0 spiro atoms. The van der Waals surface area contributed by atoms with Gasteiger partial charge in [-0.25, -0.2) is 0 Å². The van der Waals surface area contributed by atoms with Gasteiger partial charge in [0.1, 0.15) is 0 Å². The van der Waals surface area contributed by atoms with Crippen LogP contribution in [0.25, 0.3) is 0 Å². The average molecular weight is 446 g/mol. The Morgan fingerprint density at radius 2 is 0.957 bits per heavy atom. The van der Waals surface area contributed by atoms with Crippen LogP contribution in [0.1, 0.15) is 5.56 Å². The molecule has 0 aliphatic rings. The molecule has 0 aliphatic heterocycles. The van der Waals surface area contributed by atoms with Gasteiger partial charge in [-0.05, 0) is 35.1 Å².